The molecule has 0 radical (unpaired) electrons. The molecule has 1 atom stereocenters. The zero-order chi connectivity index (χ0) is 13.6. The molecule has 110 valence electrons. The lowest BCUT2D eigenvalue weighted by Crippen LogP contribution is -2.45. The molecule has 1 spiro atoms. The zero-order valence-electron chi connectivity index (χ0n) is 11.8. The van der Waals surface area contributed by atoms with Crippen LogP contribution in [0.15, 0.2) is 0 Å². The van der Waals surface area contributed by atoms with E-state index in [0.717, 1.165) is 19.3 Å². The Bertz CT molecular complexity index is 385. The van der Waals surface area contributed by atoms with Gasteiger partial charge in [0.05, 0.1) is 18.1 Å². The minimum Gasteiger partial charge on any atom is -0.307 e. The van der Waals surface area contributed by atoms with E-state index in [9.17, 15) is 4.57 Å². The van der Waals surface area contributed by atoms with Gasteiger partial charge in [-0.25, -0.2) is 0 Å². The second-order valence-corrected chi connectivity index (χ2v) is 10.5. The van der Waals surface area contributed by atoms with Gasteiger partial charge in [0.1, 0.15) is 5.78 Å². The molecule has 0 aromatic carbocycles. The minimum absolute atomic E-state index is 0.0913. The topological polar surface area (TPSA) is 47.6 Å². The van der Waals surface area contributed by atoms with Crippen molar-refractivity contribution in [2.75, 3.05) is 13.2 Å². The Kier molecular flexibility index (Phi) is 3.81. The highest BCUT2D eigenvalue weighted by Gasteiger charge is 2.58. The van der Waals surface area contributed by atoms with Gasteiger partial charge in [0, 0.05) is 4.75 Å². The van der Waals surface area contributed by atoms with Crippen LogP contribution < -0.4 is 5.32 Å². The highest BCUT2D eigenvalue weighted by molar-refractivity contribution is 8.02. The summed E-state index contributed by atoms with van der Waals surface area (Å²) in [4.78, 5) is 0.0913. The quantitative estimate of drug-likeness (QED) is 0.748. The van der Waals surface area contributed by atoms with Crippen LogP contribution in [0.2, 0.25) is 0 Å². The Morgan fingerprint density at radius 2 is 1.74 bits per heavy atom. The first kappa shape index (κ1) is 14.4. The maximum atomic E-state index is 13.0. The fourth-order valence-electron chi connectivity index (χ4n) is 3.47. The van der Waals surface area contributed by atoms with Crippen molar-refractivity contribution < 1.29 is 13.6 Å². The van der Waals surface area contributed by atoms with Crippen LogP contribution in [0.25, 0.3) is 0 Å². The van der Waals surface area contributed by atoms with Crippen LogP contribution in [0.1, 0.15) is 52.4 Å². The van der Waals surface area contributed by atoms with Gasteiger partial charge in [0.25, 0.3) is 0 Å². The molecule has 3 aliphatic rings. The molecule has 2 aliphatic heterocycles. The Hall–Kier alpha value is 0.460. The third-order valence-electron chi connectivity index (χ3n) is 4.33. The smallest absolute Gasteiger partial charge is 0.307 e. The summed E-state index contributed by atoms with van der Waals surface area (Å²) in [5, 5.41) is 3.66. The predicted molar refractivity (Wildman–Crippen MR) is 78.5 cm³/mol. The first-order valence-electron chi connectivity index (χ1n) is 7.33. The lowest BCUT2D eigenvalue weighted by Gasteiger charge is -2.35. The molecule has 4 nitrogen and oxygen atoms in total. The van der Waals surface area contributed by atoms with Crippen LogP contribution in [0.4, 0.5) is 0 Å². The second kappa shape index (κ2) is 5.03. The number of hydrogen-bond acceptors (Lipinski definition) is 5. The van der Waals surface area contributed by atoms with Crippen LogP contribution in [-0.4, -0.2) is 28.6 Å². The first-order chi connectivity index (χ1) is 8.96. The molecule has 2 heterocycles. The van der Waals surface area contributed by atoms with E-state index in [0.29, 0.717) is 13.2 Å². The molecule has 3 fully saturated rings. The lowest BCUT2D eigenvalue weighted by molar-refractivity contribution is 0.133. The van der Waals surface area contributed by atoms with Gasteiger partial charge in [-0.3, -0.25) is 9.88 Å². The Labute approximate surface area is 119 Å². The maximum Gasteiger partial charge on any atom is 0.348 e. The van der Waals surface area contributed by atoms with Gasteiger partial charge in [0.15, 0.2) is 0 Å². The van der Waals surface area contributed by atoms with E-state index in [-0.39, 0.29) is 15.4 Å². The average Bonchev–Trinajstić information content (AvgIpc) is 2.63. The number of rotatable bonds is 1. The Balaban J connectivity index is 1.83. The van der Waals surface area contributed by atoms with Crippen molar-refractivity contribution in [2.45, 2.75) is 67.8 Å². The summed E-state index contributed by atoms with van der Waals surface area (Å²) in [6, 6.07) is 0. The minimum atomic E-state index is -3.01. The third kappa shape index (κ3) is 2.65. The molecular weight excluding hydrogens is 281 g/mol. The lowest BCUT2D eigenvalue weighted by atomic mass is 9.94. The van der Waals surface area contributed by atoms with Crippen LogP contribution in [0.5, 0.6) is 0 Å². The third-order valence-corrected chi connectivity index (χ3v) is 8.67. The summed E-state index contributed by atoms with van der Waals surface area (Å²) >= 11 is 1.95. The molecule has 19 heavy (non-hydrogen) atoms. The molecule has 1 saturated carbocycles. The normalized spacial score (nSPS) is 36.4. The highest BCUT2D eigenvalue weighted by atomic mass is 32.2. The van der Waals surface area contributed by atoms with E-state index in [4.69, 9.17) is 9.05 Å². The van der Waals surface area contributed by atoms with Crippen LogP contribution >= 0.6 is 19.4 Å². The predicted octanol–water partition coefficient (Wildman–Crippen LogP) is 3.72. The van der Waals surface area contributed by atoms with E-state index < -0.39 is 7.60 Å². The van der Waals surface area contributed by atoms with Crippen molar-refractivity contribution >= 4 is 19.4 Å². The molecule has 0 unspecified atom stereocenters. The van der Waals surface area contributed by atoms with Gasteiger partial charge in [-0.2, -0.15) is 0 Å². The van der Waals surface area contributed by atoms with Gasteiger partial charge in [-0.1, -0.05) is 19.3 Å². The van der Waals surface area contributed by atoms with Gasteiger partial charge in [-0.15, -0.1) is 11.8 Å². The van der Waals surface area contributed by atoms with Crippen LogP contribution in [0, 0.1) is 0 Å². The summed E-state index contributed by atoms with van der Waals surface area (Å²) < 4.78 is 24.0. The molecule has 6 heteroatoms. The van der Waals surface area contributed by atoms with Crippen molar-refractivity contribution in [2.24, 2.45) is 0 Å². The monoisotopic (exact) mass is 305 g/mol. The largest absolute Gasteiger partial charge is 0.348 e. The molecule has 0 aromatic heterocycles. The maximum absolute atomic E-state index is 13.0. The van der Waals surface area contributed by atoms with E-state index in [2.05, 4.69) is 19.2 Å². The SMILES string of the molecule is CC1(C)SC2(CCCCC2)N[C@@H]1P1(=O)OCCCO1. The van der Waals surface area contributed by atoms with E-state index in [1.807, 2.05) is 11.8 Å². The van der Waals surface area contributed by atoms with E-state index >= 15 is 0 Å². The van der Waals surface area contributed by atoms with Crippen molar-refractivity contribution in [3.05, 3.63) is 0 Å². The molecule has 0 amide bonds. The van der Waals surface area contributed by atoms with Gasteiger partial charge < -0.3 is 9.05 Å². The molecule has 0 aromatic rings. The summed E-state index contributed by atoms with van der Waals surface area (Å²) in [6.45, 7) is 5.45. The highest BCUT2D eigenvalue weighted by Crippen LogP contribution is 2.65. The Morgan fingerprint density at radius 1 is 1.11 bits per heavy atom. The van der Waals surface area contributed by atoms with E-state index in [1.165, 1.54) is 19.3 Å². The average molecular weight is 305 g/mol. The standard InChI is InChI=1S/C13H24NO3PS/c1-12(2)11(18(15)16-9-6-10-17-18)14-13(19-12)7-4-3-5-8-13/h11,14H,3-10H2,1-2H3/t11-/m1/s1. The summed E-state index contributed by atoms with van der Waals surface area (Å²) in [5.74, 6) is -0.177. The van der Waals surface area contributed by atoms with Crippen molar-refractivity contribution in [1.82, 2.24) is 5.32 Å². The molecule has 1 aliphatic carbocycles. The van der Waals surface area contributed by atoms with Crippen molar-refractivity contribution in [3.63, 3.8) is 0 Å². The molecule has 1 N–H and O–H groups in total. The zero-order valence-corrected chi connectivity index (χ0v) is 13.5. The van der Waals surface area contributed by atoms with Gasteiger partial charge in [-0.05, 0) is 33.1 Å². The fourth-order valence-corrected chi connectivity index (χ4v) is 8.26. The van der Waals surface area contributed by atoms with Crippen molar-refractivity contribution in [3.8, 4) is 0 Å². The summed E-state index contributed by atoms with van der Waals surface area (Å²) in [6.07, 6.45) is 7.01. The molecule has 2 saturated heterocycles. The first-order valence-corrected chi connectivity index (χ1v) is 9.75. The second-order valence-electron chi connectivity index (χ2n) is 6.37. The summed E-state index contributed by atoms with van der Waals surface area (Å²) in [5.41, 5.74) is 0. The molecule has 0 bridgehead atoms. The molecular formula is C13H24NO3PS. The van der Waals surface area contributed by atoms with Crippen LogP contribution in [0.3, 0.4) is 0 Å². The van der Waals surface area contributed by atoms with Gasteiger partial charge >= 0.3 is 7.60 Å². The van der Waals surface area contributed by atoms with E-state index in [1.54, 1.807) is 0 Å². The van der Waals surface area contributed by atoms with Crippen molar-refractivity contribution in [1.29, 1.82) is 0 Å². The number of hydrogen-bond donors (Lipinski definition) is 1. The summed E-state index contributed by atoms with van der Waals surface area (Å²) in [7, 11) is -3.01. The van der Waals surface area contributed by atoms with Gasteiger partial charge in [0.2, 0.25) is 0 Å². The van der Waals surface area contributed by atoms with Crippen LogP contribution in [-0.2, 0) is 13.6 Å². The Morgan fingerprint density at radius 3 is 2.37 bits per heavy atom. The number of nitrogens with one attached hydrogen (secondary N) is 1. The fraction of sp³-hybridized carbons (Fsp3) is 1.00. The molecule has 3 rings (SSSR count). The number of thioether (sulfide) groups is 1.